The average molecular weight is 835 g/mol. The van der Waals surface area contributed by atoms with Crippen LogP contribution in [0.25, 0.3) is 0 Å². The molecule has 0 aromatic carbocycles. The number of nitroso groups, excluding NO2 is 1. The number of hydrogen-bond donors (Lipinski definition) is 0. The van der Waals surface area contributed by atoms with Gasteiger partial charge in [0, 0.05) is 44.8 Å². The van der Waals surface area contributed by atoms with Gasteiger partial charge in [0.1, 0.15) is 12.1 Å². The molecule has 0 aromatic rings. The van der Waals surface area contributed by atoms with E-state index in [9.17, 15) is 4.91 Å². The summed E-state index contributed by atoms with van der Waals surface area (Å²) in [7, 11) is 3.33. The van der Waals surface area contributed by atoms with E-state index < -0.39 is 24.4 Å². The van der Waals surface area contributed by atoms with Crippen LogP contribution in [0, 0.1) is 34.5 Å². The molecule has 55 heavy (non-hydrogen) atoms. The second kappa shape index (κ2) is 20.4. The van der Waals surface area contributed by atoms with Gasteiger partial charge in [-0.15, -0.1) is 0 Å². The number of nitrogens with zero attached hydrogens (tertiary/aromatic N) is 1. The lowest BCUT2D eigenvalue weighted by Gasteiger charge is -2.47. The van der Waals surface area contributed by atoms with Gasteiger partial charge in [-0.25, -0.2) is 0 Å². The van der Waals surface area contributed by atoms with E-state index in [1.165, 1.54) is 5.57 Å². The van der Waals surface area contributed by atoms with Crippen LogP contribution < -0.4 is 0 Å². The molecule has 5 unspecified atom stereocenters. The van der Waals surface area contributed by atoms with Gasteiger partial charge < -0.3 is 37.9 Å². The maximum absolute atomic E-state index is 11.6. The highest BCUT2D eigenvalue weighted by molar-refractivity contribution is 9.09. The van der Waals surface area contributed by atoms with E-state index in [4.69, 9.17) is 37.9 Å². The van der Waals surface area contributed by atoms with Crippen molar-refractivity contribution in [1.82, 2.24) is 0 Å². The van der Waals surface area contributed by atoms with E-state index in [0.29, 0.717) is 36.1 Å². The summed E-state index contributed by atoms with van der Waals surface area (Å²) in [6, 6.07) is -0.423. The summed E-state index contributed by atoms with van der Waals surface area (Å²) in [6.07, 6.45) is 18.3. The molecule has 3 saturated heterocycles. The lowest BCUT2D eigenvalue weighted by molar-refractivity contribution is -0.293. The Balaban J connectivity index is 1.34. The van der Waals surface area contributed by atoms with E-state index in [0.717, 1.165) is 43.3 Å². The summed E-state index contributed by atoms with van der Waals surface area (Å²) in [5.41, 5.74) is 3.30. The van der Waals surface area contributed by atoms with Crippen LogP contribution in [0.4, 0.5) is 0 Å². The van der Waals surface area contributed by atoms with Crippen LogP contribution in [0.2, 0.25) is 0 Å². The Morgan fingerprint density at radius 1 is 1.15 bits per heavy atom. The topological polar surface area (TPSA) is 103 Å². The Morgan fingerprint density at radius 3 is 2.62 bits per heavy atom. The third-order valence-corrected chi connectivity index (χ3v) is 13.1. The number of rotatable bonds is 16. The first-order valence-corrected chi connectivity index (χ1v) is 21.7. The normalized spacial score (nSPS) is 39.9. The van der Waals surface area contributed by atoms with Crippen LogP contribution >= 0.6 is 15.9 Å². The zero-order chi connectivity index (χ0) is 39.9. The summed E-state index contributed by atoms with van der Waals surface area (Å²) in [4.78, 5) is 11.6. The number of methoxy groups -OCH3 is 2. The molecule has 4 aliphatic heterocycles. The zero-order valence-electron chi connectivity index (χ0n) is 34.9. The largest absolute Gasteiger partial charge is 0.378 e. The lowest BCUT2D eigenvalue weighted by Crippen LogP contribution is -2.52. The van der Waals surface area contributed by atoms with Crippen molar-refractivity contribution in [1.29, 1.82) is 0 Å². The van der Waals surface area contributed by atoms with Crippen molar-refractivity contribution < 1.29 is 37.9 Å². The fraction of sp³-hybridized carbons (Fsp3) is 0.773. The van der Waals surface area contributed by atoms with E-state index in [2.05, 4.69) is 105 Å². The highest BCUT2D eigenvalue weighted by Gasteiger charge is 2.46. The Morgan fingerprint density at radius 2 is 1.93 bits per heavy atom. The van der Waals surface area contributed by atoms with Crippen molar-refractivity contribution >= 4 is 15.9 Å². The molecule has 10 nitrogen and oxygen atoms in total. The molecule has 0 N–H and O–H groups in total. The monoisotopic (exact) mass is 833 g/mol. The standard InChI is InChI=1S/C44H68BrNO9/c1-11-27(3)41-31(7)19-20-44(55-41)23-26(2)21-34(54-44)17-15-30(6)40(52-37-22-36(48-9)42(32(8)51-37)53-38(24-45)49-10)29(5)13-12-14-33-25-50-43-35(33)18-16-28(4)39(43)46-47/h12-16,19-20,26-27,29,31-32,34-43H,11,17-18,21-25H2,1-10H3/b13-12+,30-15+,33-14+/t26-,27?,29-,31-,32-,34+,35?,36-,37-,38?,39?,40-,41?,42-,43-,44+/m0/s1. The Hall–Kier alpha value is -1.54. The smallest absolute Gasteiger partial charge is 0.188 e. The van der Waals surface area contributed by atoms with Crippen LogP contribution in [0.15, 0.2) is 64.4 Å². The molecule has 0 radical (unpaired) electrons. The van der Waals surface area contributed by atoms with Crippen molar-refractivity contribution in [3.05, 3.63) is 64.2 Å². The summed E-state index contributed by atoms with van der Waals surface area (Å²) in [5.74, 6) is 0.756. The minimum Gasteiger partial charge on any atom is -0.378 e. The summed E-state index contributed by atoms with van der Waals surface area (Å²) in [6.45, 7) is 17.9. The molecule has 1 spiro atoms. The maximum atomic E-state index is 11.6. The predicted molar refractivity (Wildman–Crippen MR) is 219 cm³/mol. The molecule has 310 valence electrons. The minimum atomic E-state index is -0.682. The Labute approximate surface area is 338 Å². The van der Waals surface area contributed by atoms with Crippen molar-refractivity contribution in [2.75, 3.05) is 26.2 Å². The second-order valence-corrected chi connectivity index (χ2v) is 17.5. The van der Waals surface area contributed by atoms with Crippen LogP contribution in [0.1, 0.15) is 93.9 Å². The Kier molecular flexibility index (Phi) is 16.6. The Bertz CT molecular complexity index is 1410. The molecule has 0 aromatic heterocycles. The van der Waals surface area contributed by atoms with E-state index in [1.54, 1.807) is 14.2 Å². The zero-order valence-corrected chi connectivity index (χ0v) is 36.4. The molecular weight excluding hydrogens is 766 g/mol. The van der Waals surface area contributed by atoms with Gasteiger partial charge in [0.15, 0.2) is 18.4 Å². The number of fused-ring (bicyclic) bond motifs is 1. The number of halogens is 1. The molecule has 0 bridgehead atoms. The minimum absolute atomic E-state index is 0.00387. The van der Waals surface area contributed by atoms with E-state index >= 15 is 0 Å². The predicted octanol–water partition coefficient (Wildman–Crippen LogP) is 9.38. The molecule has 16 atom stereocenters. The first-order valence-electron chi connectivity index (χ1n) is 20.6. The number of allylic oxidation sites excluding steroid dienone is 3. The highest BCUT2D eigenvalue weighted by atomic mass is 79.9. The third-order valence-electron chi connectivity index (χ3n) is 12.6. The second-order valence-electron chi connectivity index (χ2n) is 16.8. The third kappa shape index (κ3) is 10.9. The molecule has 4 heterocycles. The van der Waals surface area contributed by atoms with Crippen LogP contribution in [-0.2, 0) is 37.9 Å². The lowest BCUT2D eigenvalue weighted by atomic mass is 9.81. The highest BCUT2D eigenvalue weighted by Crippen LogP contribution is 2.43. The van der Waals surface area contributed by atoms with Gasteiger partial charge in [0.25, 0.3) is 0 Å². The fourth-order valence-electron chi connectivity index (χ4n) is 9.15. The van der Waals surface area contributed by atoms with E-state index in [-0.39, 0.29) is 54.6 Å². The van der Waals surface area contributed by atoms with Gasteiger partial charge in [-0.1, -0.05) is 98.6 Å². The molecule has 0 amide bonds. The van der Waals surface area contributed by atoms with Crippen molar-refractivity contribution in [2.45, 2.75) is 161 Å². The quantitative estimate of drug-likeness (QED) is 0.0652. The van der Waals surface area contributed by atoms with Gasteiger partial charge >= 0.3 is 0 Å². The van der Waals surface area contributed by atoms with Crippen LogP contribution in [-0.4, -0.2) is 93.3 Å². The molecule has 5 rings (SSSR count). The van der Waals surface area contributed by atoms with Crippen molar-refractivity contribution in [3.8, 4) is 0 Å². The van der Waals surface area contributed by atoms with Gasteiger partial charge in [-0.05, 0) is 74.7 Å². The van der Waals surface area contributed by atoms with E-state index in [1.807, 2.05) is 13.8 Å². The SMILES string of the molecule is CCC(C)C1O[C@]2(C=C[C@@H]1C)C[C@@H](C)C[C@@H](C/C=C(\C)[C@@H](O[C@H]1C[C@H](OC)[C@@H](OC(CBr)OC)[C@H](C)O1)[C@@H](C)/C=C/C=C1\CO[C@@H]3C(N=O)C(C)=CCC13)O2. The van der Waals surface area contributed by atoms with Crippen molar-refractivity contribution in [3.63, 3.8) is 0 Å². The van der Waals surface area contributed by atoms with Gasteiger partial charge in [0.05, 0.1) is 48.6 Å². The molecular formula is C44H68BrNO9. The number of alkyl halides is 1. The number of hydrogen-bond acceptors (Lipinski definition) is 10. The van der Waals surface area contributed by atoms with Crippen molar-refractivity contribution in [2.24, 2.45) is 34.8 Å². The average Bonchev–Trinajstić information content (AvgIpc) is 3.58. The first-order chi connectivity index (χ1) is 26.3. The molecule has 0 saturated carbocycles. The fourth-order valence-corrected chi connectivity index (χ4v) is 9.57. The summed E-state index contributed by atoms with van der Waals surface area (Å²) in [5, 5.41) is 3.93. The van der Waals surface area contributed by atoms with Gasteiger partial charge in [0.2, 0.25) is 0 Å². The molecule has 11 heteroatoms. The van der Waals surface area contributed by atoms with Gasteiger partial charge in [-0.3, -0.25) is 0 Å². The summed E-state index contributed by atoms with van der Waals surface area (Å²) >= 11 is 3.47. The number of ether oxygens (including phenoxy) is 8. The molecule has 3 fully saturated rings. The first kappa shape index (κ1) is 44.6. The van der Waals surface area contributed by atoms with Crippen LogP contribution in [0.3, 0.4) is 0 Å². The molecule has 5 aliphatic rings. The van der Waals surface area contributed by atoms with Crippen LogP contribution in [0.5, 0.6) is 0 Å². The molecule has 1 aliphatic carbocycles. The maximum Gasteiger partial charge on any atom is 0.188 e. The van der Waals surface area contributed by atoms with Gasteiger partial charge in [-0.2, -0.15) is 4.91 Å². The summed E-state index contributed by atoms with van der Waals surface area (Å²) < 4.78 is 50.9.